The Bertz CT molecular complexity index is 1450. The van der Waals surface area contributed by atoms with Gasteiger partial charge in [0.1, 0.15) is 12.4 Å². The van der Waals surface area contributed by atoms with Crippen LogP contribution in [0.3, 0.4) is 0 Å². The van der Waals surface area contributed by atoms with Crippen LogP contribution in [-0.4, -0.2) is 57.1 Å². The highest BCUT2D eigenvalue weighted by atomic mass is 16.3. The van der Waals surface area contributed by atoms with E-state index in [1.807, 2.05) is 37.3 Å². The molecule has 0 unspecified atom stereocenters. The molecule has 0 radical (unpaired) electrons. The van der Waals surface area contributed by atoms with E-state index < -0.39 is 11.5 Å². The van der Waals surface area contributed by atoms with Crippen molar-refractivity contribution in [3.05, 3.63) is 64.1 Å². The van der Waals surface area contributed by atoms with E-state index in [9.17, 15) is 19.5 Å². The van der Waals surface area contributed by atoms with Gasteiger partial charge in [0.25, 0.3) is 5.56 Å². The number of aliphatic imine (C=N–C) groups is 1. The molecule has 36 heavy (non-hydrogen) atoms. The summed E-state index contributed by atoms with van der Waals surface area (Å²) < 4.78 is 1.04. The number of carbonyl (C=O) groups is 2. The summed E-state index contributed by atoms with van der Waals surface area (Å²) in [6.45, 7) is 2.39. The molecule has 2 amide bonds. The van der Waals surface area contributed by atoms with Crippen LogP contribution >= 0.6 is 0 Å². The van der Waals surface area contributed by atoms with E-state index in [-0.39, 0.29) is 32.0 Å². The van der Waals surface area contributed by atoms with E-state index >= 15 is 0 Å². The van der Waals surface area contributed by atoms with E-state index in [1.54, 1.807) is 17.0 Å². The summed E-state index contributed by atoms with van der Waals surface area (Å²) >= 11 is 0. The number of amidine groups is 1. The van der Waals surface area contributed by atoms with E-state index in [0.29, 0.717) is 34.4 Å². The molecule has 0 aliphatic carbocycles. The number of fused-ring (bicyclic) bond motifs is 2. The molecule has 0 bridgehead atoms. The summed E-state index contributed by atoms with van der Waals surface area (Å²) in [7, 11) is 0. The molecule has 2 heterocycles. The van der Waals surface area contributed by atoms with Gasteiger partial charge in [-0.05, 0) is 41.8 Å². The van der Waals surface area contributed by atoms with Crippen molar-refractivity contribution in [2.75, 3.05) is 19.7 Å². The molecule has 5 N–H and O–H groups in total. The first kappa shape index (κ1) is 24.8. The summed E-state index contributed by atoms with van der Waals surface area (Å²) in [4.78, 5) is 43.0. The number of aliphatic hydroxyl groups is 1. The van der Waals surface area contributed by atoms with Crippen molar-refractivity contribution in [1.82, 2.24) is 14.7 Å². The maximum Gasteiger partial charge on any atom is 0.275 e. The van der Waals surface area contributed by atoms with Gasteiger partial charge in [0, 0.05) is 36.0 Å². The Hall–Kier alpha value is -4.31. The van der Waals surface area contributed by atoms with Crippen molar-refractivity contribution in [1.29, 1.82) is 0 Å². The second-order valence-corrected chi connectivity index (χ2v) is 8.61. The number of primary amides is 1. The Morgan fingerprint density at radius 3 is 2.61 bits per heavy atom. The van der Waals surface area contributed by atoms with Gasteiger partial charge < -0.3 is 21.5 Å². The quantitative estimate of drug-likeness (QED) is 0.437. The monoisotopic (exact) mass is 488 g/mol. The molecule has 10 nitrogen and oxygen atoms in total. The summed E-state index contributed by atoms with van der Waals surface area (Å²) in [6.07, 6.45) is 4.32. The topological polar surface area (TPSA) is 157 Å². The third kappa shape index (κ3) is 5.18. The van der Waals surface area contributed by atoms with Crippen molar-refractivity contribution in [2.45, 2.75) is 26.3 Å². The average Bonchev–Trinajstić information content (AvgIpc) is 3.02. The van der Waals surface area contributed by atoms with Crippen molar-refractivity contribution < 1.29 is 14.7 Å². The molecule has 1 aliphatic heterocycles. The molecule has 0 saturated carbocycles. The molecule has 4 rings (SSSR count). The molecular formula is C26H28N6O4. The molecular weight excluding hydrogens is 460 g/mol. The number of aromatic nitrogens is 2. The van der Waals surface area contributed by atoms with E-state index in [0.717, 1.165) is 27.8 Å². The van der Waals surface area contributed by atoms with Gasteiger partial charge in [-0.2, -0.15) is 5.10 Å². The fourth-order valence-corrected chi connectivity index (χ4v) is 4.24. The highest BCUT2D eigenvalue weighted by molar-refractivity contribution is 6.05. The molecule has 1 aromatic heterocycles. The Balaban J connectivity index is 1.70. The van der Waals surface area contributed by atoms with Crippen LogP contribution in [0.5, 0.6) is 0 Å². The fraction of sp³-hybridized carbons (Fsp3) is 0.269. The summed E-state index contributed by atoms with van der Waals surface area (Å²) in [5, 5.41) is 14.4. The second-order valence-electron chi connectivity index (χ2n) is 8.61. The number of amides is 2. The van der Waals surface area contributed by atoms with E-state index in [1.165, 1.54) is 6.20 Å². The number of hydrogen-bond donors (Lipinski definition) is 3. The van der Waals surface area contributed by atoms with Crippen LogP contribution in [0.4, 0.5) is 5.69 Å². The van der Waals surface area contributed by atoms with Crippen LogP contribution in [0.15, 0.2) is 58.0 Å². The van der Waals surface area contributed by atoms with Crippen molar-refractivity contribution in [2.24, 2.45) is 16.5 Å². The number of carbonyl (C=O) groups excluding carboxylic acids is 2. The third-order valence-corrected chi connectivity index (χ3v) is 5.91. The van der Waals surface area contributed by atoms with Gasteiger partial charge in [-0.15, -0.1) is 0 Å². The Labute approximate surface area is 207 Å². The summed E-state index contributed by atoms with van der Waals surface area (Å²) in [5.41, 5.74) is 14.6. The lowest BCUT2D eigenvalue weighted by Gasteiger charge is -2.22. The Morgan fingerprint density at radius 1 is 1.14 bits per heavy atom. The largest absolute Gasteiger partial charge is 0.395 e. The van der Waals surface area contributed by atoms with Gasteiger partial charge in [0.15, 0.2) is 0 Å². The molecule has 2 aromatic carbocycles. The first-order valence-electron chi connectivity index (χ1n) is 11.7. The molecule has 0 spiro atoms. The number of aliphatic hydroxyl groups excluding tert-OH is 1. The smallest absolute Gasteiger partial charge is 0.275 e. The van der Waals surface area contributed by atoms with Crippen molar-refractivity contribution >= 4 is 40.2 Å². The summed E-state index contributed by atoms with van der Waals surface area (Å²) in [6, 6.07) is 11.0. The van der Waals surface area contributed by atoms with Crippen LogP contribution in [0.1, 0.15) is 25.3 Å². The standard InChI is InChI=1S/C26H28N6O4/c1-2-7-31(8-9-33)25(35)19-11-18-4-3-17(12-22(18)30-23(27)13-19)16-5-6-21-20(10-16)14-29-32(26(21)36)15-24(28)34/h3-6,10-12,14,33H,2,7-9,13,15H2,1H3,(H2,27,30)(H2,28,34). The maximum absolute atomic E-state index is 13.1. The van der Waals surface area contributed by atoms with Gasteiger partial charge in [-0.25, -0.2) is 9.67 Å². The predicted octanol–water partition coefficient (Wildman–Crippen LogP) is 1.56. The van der Waals surface area contributed by atoms with Crippen LogP contribution in [0, 0.1) is 0 Å². The molecule has 10 heteroatoms. The lowest BCUT2D eigenvalue weighted by molar-refractivity contribution is -0.127. The first-order valence-corrected chi connectivity index (χ1v) is 11.7. The minimum atomic E-state index is -0.643. The molecule has 0 atom stereocenters. The summed E-state index contributed by atoms with van der Waals surface area (Å²) in [5.74, 6) is -0.482. The minimum absolute atomic E-state index is 0.108. The van der Waals surface area contributed by atoms with E-state index in [4.69, 9.17) is 11.5 Å². The number of nitrogens with zero attached hydrogens (tertiary/aromatic N) is 4. The van der Waals surface area contributed by atoms with Gasteiger partial charge in [-0.3, -0.25) is 14.4 Å². The number of hydrogen-bond acceptors (Lipinski definition) is 7. The Morgan fingerprint density at radius 2 is 1.89 bits per heavy atom. The lowest BCUT2D eigenvalue weighted by atomic mass is 9.99. The Kier molecular flexibility index (Phi) is 7.25. The minimum Gasteiger partial charge on any atom is -0.395 e. The zero-order valence-electron chi connectivity index (χ0n) is 20.0. The van der Waals surface area contributed by atoms with Gasteiger partial charge in [0.2, 0.25) is 11.8 Å². The van der Waals surface area contributed by atoms with Crippen molar-refractivity contribution in [3.63, 3.8) is 0 Å². The maximum atomic E-state index is 13.1. The zero-order chi connectivity index (χ0) is 25.8. The second kappa shape index (κ2) is 10.5. The molecule has 1 aliphatic rings. The first-order chi connectivity index (χ1) is 17.3. The van der Waals surface area contributed by atoms with Crippen molar-refractivity contribution in [3.8, 4) is 11.1 Å². The lowest BCUT2D eigenvalue weighted by Crippen LogP contribution is -2.36. The predicted molar refractivity (Wildman–Crippen MR) is 138 cm³/mol. The van der Waals surface area contributed by atoms with Crippen LogP contribution < -0.4 is 17.0 Å². The number of nitrogens with two attached hydrogens (primary N) is 2. The van der Waals surface area contributed by atoms with Gasteiger partial charge in [0.05, 0.1) is 23.9 Å². The number of rotatable bonds is 8. The highest BCUT2D eigenvalue weighted by Gasteiger charge is 2.21. The highest BCUT2D eigenvalue weighted by Crippen LogP contribution is 2.32. The molecule has 3 aromatic rings. The molecule has 0 fully saturated rings. The zero-order valence-corrected chi connectivity index (χ0v) is 20.0. The van der Waals surface area contributed by atoms with Crippen LogP contribution in [0.25, 0.3) is 28.0 Å². The SMILES string of the molecule is CCCN(CCO)C(=O)C1=Cc2ccc(-c3ccc4c(=O)n(CC(N)=O)ncc4c3)cc2N=C(N)C1. The third-order valence-electron chi connectivity index (χ3n) is 5.91. The van der Waals surface area contributed by atoms with Crippen LogP contribution in [0.2, 0.25) is 0 Å². The number of benzene rings is 2. The van der Waals surface area contributed by atoms with E-state index in [2.05, 4.69) is 10.1 Å². The normalized spacial score (nSPS) is 12.9. The van der Waals surface area contributed by atoms with Crippen LogP contribution in [-0.2, 0) is 16.1 Å². The van der Waals surface area contributed by atoms with Gasteiger partial charge >= 0.3 is 0 Å². The fourth-order valence-electron chi connectivity index (χ4n) is 4.24. The molecule has 186 valence electrons. The molecule has 0 saturated heterocycles. The average molecular weight is 489 g/mol. The van der Waals surface area contributed by atoms with Gasteiger partial charge in [-0.1, -0.05) is 25.1 Å².